The molecule has 0 bridgehead atoms. The summed E-state index contributed by atoms with van der Waals surface area (Å²) < 4.78 is 0. The Hall–Kier alpha value is -0.160. The molecule has 1 heterocycles. The van der Waals surface area contributed by atoms with Crippen molar-refractivity contribution in [2.24, 2.45) is 5.41 Å². The van der Waals surface area contributed by atoms with Crippen LogP contribution in [0.25, 0.3) is 0 Å². The van der Waals surface area contributed by atoms with Crippen LogP contribution in [-0.4, -0.2) is 72.9 Å². The summed E-state index contributed by atoms with van der Waals surface area (Å²) in [6.45, 7) is 19.0. The summed E-state index contributed by atoms with van der Waals surface area (Å²) in [5.41, 5.74) is -0.249. The van der Waals surface area contributed by atoms with E-state index in [0.29, 0.717) is 5.41 Å². The third-order valence-corrected chi connectivity index (χ3v) is 3.58. The predicted molar refractivity (Wildman–Crippen MR) is 81.5 cm³/mol. The average Bonchev–Trinajstić information content (AvgIpc) is 2.27. The molecule has 0 saturated carbocycles. The highest BCUT2D eigenvalue weighted by Gasteiger charge is 2.26. The van der Waals surface area contributed by atoms with E-state index in [0.717, 1.165) is 52.4 Å². The SMILES string of the molecule is CCNCC(C)(C)CN1CCN(CC(C)(C)O)CC1. The van der Waals surface area contributed by atoms with Crippen LogP contribution in [0.15, 0.2) is 0 Å². The normalized spacial score (nSPS) is 19.9. The van der Waals surface area contributed by atoms with Crippen LogP contribution < -0.4 is 5.32 Å². The molecule has 1 aliphatic rings. The Labute approximate surface area is 119 Å². The Bertz CT molecular complexity index is 253. The fourth-order valence-corrected chi connectivity index (χ4v) is 2.78. The standard InChI is InChI=1S/C15H33N3O/c1-6-16-11-14(2,3)12-17-7-9-18(10-8-17)13-15(4,5)19/h16,19H,6-13H2,1-5H3. The van der Waals surface area contributed by atoms with Crippen molar-refractivity contribution >= 4 is 0 Å². The van der Waals surface area contributed by atoms with Crippen LogP contribution in [0.3, 0.4) is 0 Å². The molecule has 0 aromatic carbocycles. The van der Waals surface area contributed by atoms with Crippen LogP contribution in [-0.2, 0) is 0 Å². The van der Waals surface area contributed by atoms with E-state index < -0.39 is 5.60 Å². The topological polar surface area (TPSA) is 38.7 Å². The van der Waals surface area contributed by atoms with E-state index >= 15 is 0 Å². The molecule has 0 aliphatic carbocycles. The molecular weight excluding hydrogens is 238 g/mol. The molecule has 0 spiro atoms. The number of rotatable bonds is 7. The van der Waals surface area contributed by atoms with Crippen LogP contribution in [0.4, 0.5) is 0 Å². The minimum atomic E-state index is -0.577. The zero-order valence-corrected chi connectivity index (χ0v) is 13.5. The molecule has 19 heavy (non-hydrogen) atoms. The summed E-state index contributed by atoms with van der Waals surface area (Å²) >= 11 is 0. The van der Waals surface area contributed by atoms with Gasteiger partial charge in [0.2, 0.25) is 0 Å². The molecule has 0 amide bonds. The molecule has 1 saturated heterocycles. The highest BCUT2D eigenvalue weighted by molar-refractivity contribution is 4.82. The minimum Gasteiger partial charge on any atom is -0.389 e. The number of aliphatic hydroxyl groups is 1. The molecule has 2 N–H and O–H groups in total. The summed E-state index contributed by atoms with van der Waals surface area (Å²) in [6, 6.07) is 0. The van der Waals surface area contributed by atoms with E-state index in [1.165, 1.54) is 0 Å². The fraction of sp³-hybridized carbons (Fsp3) is 1.00. The van der Waals surface area contributed by atoms with Gasteiger partial charge >= 0.3 is 0 Å². The van der Waals surface area contributed by atoms with Gasteiger partial charge in [0.25, 0.3) is 0 Å². The third-order valence-electron chi connectivity index (χ3n) is 3.58. The molecule has 0 atom stereocenters. The van der Waals surface area contributed by atoms with E-state index in [1.54, 1.807) is 0 Å². The molecular formula is C15H33N3O. The van der Waals surface area contributed by atoms with Gasteiger partial charge in [0, 0.05) is 45.8 Å². The Morgan fingerprint density at radius 2 is 1.42 bits per heavy atom. The van der Waals surface area contributed by atoms with Crippen molar-refractivity contribution in [3.8, 4) is 0 Å². The van der Waals surface area contributed by atoms with Crippen LogP contribution in [0.1, 0.15) is 34.6 Å². The lowest BCUT2D eigenvalue weighted by Crippen LogP contribution is -2.52. The quantitative estimate of drug-likeness (QED) is 0.725. The summed E-state index contributed by atoms with van der Waals surface area (Å²) in [4.78, 5) is 4.92. The van der Waals surface area contributed by atoms with Crippen LogP contribution >= 0.6 is 0 Å². The molecule has 1 fully saturated rings. The third kappa shape index (κ3) is 7.25. The molecule has 0 aromatic rings. The molecule has 0 aromatic heterocycles. The highest BCUT2D eigenvalue weighted by Crippen LogP contribution is 2.17. The van der Waals surface area contributed by atoms with Gasteiger partial charge in [-0.15, -0.1) is 0 Å². The van der Waals surface area contributed by atoms with Crippen molar-refractivity contribution in [3.05, 3.63) is 0 Å². The molecule has 1 aliphatic heterocycles. The fourth-order valence-electron chi connectivity index (χ4n) is 2.78. The van der Waals surface area contributed by atoms with E-state index in [2.05, 4.69) is 35.9 Å². The van der Waals surface area contributed by atoms with Crippen molar-refractivity contribution < 1.29 is 5.11 Å². The maximum Gasteiger partial charge on any atom is 0.0718 e. The Morgan fingerprint density at radius 3 is 1.84 bits per heavy atom. The largest absolute Gasteiger partial charge is 0.389 e. The second kappa shape index (κ2) is 7.02. The van der Waals surface area contributed by atoms with E-state index in [1.807, 2.05) is 13.8 Å². The van der Waals surface area contributed by atoms with Crippen molar-refractivity contribution in [1.82, 2.24) is 15.1 Å². The first-order valence-corrected chi connectivity index (χ1v) is 7.60. The lowest BCUT2D eigenvalue weighted by Gasteiger charge is -2.40. The molecule has 114 valence electrons. The number of nitrogens with one attached hydrogen (secondary N) is 1. The van der Waals surface area contributed by atoms with E-state index in [9.17, 15) is 5.11 Å². The zero-order chi connectivity index (χ0) is 14.5. The number of piperazine rings is 1. The first-order valence-electron chi connectivity index (χ1n) is 7.60. The highest BCUT2D eigenvalue weighted by atomic mass is 16.3. The average molecular weight is 271 g/mol. The molecule has 4 nitrogen and oxygen atoms in total. The van der Waals surface area contributed by atoms with Gasteiger partial charge < -0.3 is 15.3 Å². The minimum absolute atomic E-state index is 0.328. The van der Waals surface area contributed by atoms with Crippen molar-refractivity contribution in [2.45, 2.75) is 40.2 Å². The van der Waals surface area contributed by atoms with E-state index in [-0.39, 0.29) is 0 Å². The van der Waals surface area contributed by atoms with E-state index in [4.69, 9.17) is 0 Å². The van der Waals surface area contributed by atoms with Gasteiger partial charge in [-0.25, -0.2) is 0 Å². The van der Waals surface area contributed by atoms with Gasteiger partial charge in [-0.2, -0.15) is 0 Å². The van der Waals surface area contributed by atoms with Crippen LogP contribution in [0.2, 0.25) is 0 Å². The number of nitrogens with zero attached hydrogens (tertiary/aromatic N) is 2. The van der Waals surface area contributed by atoms with Gasteiger partial charge in [0.05, 0.1) is 5.60 Å². The second-order valence-electron chi connectivity index (χ2n) is 7.31. The maximum atomic E-state index is 9.86. The number of β-amino-alcohol motifs (C(OH)–C–C–N with tert-alkyl or cyclic N) is 1. The summed E-state index contributed by atoms with van der Waals surface area (Å²) in [5, 5.41) is 13.3. The lowest BCUT2D eigenvalue weighted by atomic mass is 9.92. The van der Waals surface area contributed by atoms with Crippen molar-refractivity contribution in [2.75, 3.05) is 52.4 Å². The van der Waals surface area contributed by atoms with Gasteiger partial charge in [-0.1, -0.05) is 20.8 Å². The molecule has 0 radical (unpaired) electrons. The number of hydrogen-bond donors (Lipinski definition) is 2. The predicted octanol–water partition coefficient (Wildman–Crippen LogP) is 1.01. The Balaban J connectivity index is 2.30. The lowest BCUT2D eigenvalue weighted by molar-refractivity contribution is 0.0126. The summed E-state index contributed by atoms with van der Waals surface area (Å²) in [6.07, 6.45) is 0. The monoisotopic (exact) mass is 271 g/mol. The summed E-state index contributed by atoms with van der Waals surface area (Å²) in [7, 11) is 0. The van der Waals surface area contributed by atoms with Gasteiger partial charge in [0.15, 0.2) is 0 Å². The molecule has 0 unspecified atom stereocenters. The Morgan fingerprint density at radius 1 is 0.947 bits per heavy atom. The maximum absolute atomic E-state index is 9.86. The van der Waals surface area contributed by atoms with Crippen molar-refractivity contribution in [3.63, 3.8) is 0 Å². The Kier molecular flexibility index (Phi) is 6.24. The summed E-state index contributed by atoms with van der Waals surface area (Å²) in [5.74, 6) is 0. The first-order chi connectivity index (χ1) is 8.72. The van der Waals surface area contributed by atoms with Crippen LogP contribution in [0, 0.1) is 5.41 Å². The van der Waals surface area contributed by atoms with Crippen LogP contribution in [0.5, 0.6) is 0 Å². The van der Waals surface area contributed by atoms with Gasteiger partial charge in [-0.05, 0) is 25.8 Å². The zero-order valence-electron chi connectivity index (χ0n) is 13.5. The first kappa shape index (κ1) is 16.9. The second-order valence-corrected chi connectivity index (χ2v) is 7.31. The number of hydrogen-bond acceptors (Lipinski definition) is 4. The van der Waals surface area contributed by atoms with Gasteiger partial charge in [0.1, 0.15) is 0 Å². The van der Waals surface area contributed by atoms with Crippen molar-refractivity contribution in [1.29, 1.82) is 0 Å². The smallest absolute Gasteiger partial charge is 0.0718 e. The van der Waals surface area contributed by atoms with Gasteiger partial charge in [-0.3, -0.25) is 4.90 Å². The molecule has 1 rings (SSSR count). The molecule has 4 heteroatoms.